The summed E-state index contributed by atoms with van der Waals surface area (Å²) in [6, 6.07) is 4.80. The van der Waals surface area contributed by atoms with Gasteiger partial charge in [0.15, 0.2) is 0 Å². The Hall–Kier alpha value is 0.270. The summed E-state index contributed by atoms with van der Waals surface area (Å²) in [7, 11) is 0. The van der Waals surface area contributed by atoms with Crippen molar-refractivity contribution in [2.45, 2.75) is 80.9 Å². The van der Waals surface area contributed by atoms with E-state index in [1.165, 1.54) is 71.1 Å². The van der Waals surface area contributed by atoms with Gasteiger partial charge in [0.05, 0.1) is 0 Å². The van der Waals surface area contributed by atoms with Crippen LogP contribution in [0.1, 0.15) is 64.9 Å². The first-order valence-electron chi connectivity index (χ1n) is 8.75. The number of benzene rings is 1. The quantitative estimate of drug-likeness (QED) is 0.278. The topological polar surface area (TPSA) is 0 Å². The molecule has 0 radical (unpaired) electrons. The molecule has 0 aliphatic rings. The van der Waals surface area contributed by atoms with Crippen molar-refractivity contribution in [2.24, 2.45) is 0 Å². The summed E-state index contributed by atoms with van der Waals surface area (Å²) in [5, 5.41) is 0. The summed E-state index contributed by atoms with van der Waals surface area (Å²) < 4.78 is 0. The van der Waals surface area contributed by atoms with Crippen molar-refractivity contribution in [3.05, 3.63) is 17.7 Å². The second-order valence-corrected chi connectivity index (χ2v) is 9.08. The Labute approximate surface area is 151 Å². The van der Waals surface area contributed by atoms with Gasteiger partial charge in [0.25, 0.3) is 0 Å². The fourth-order valence-corrected chi connectivity index (χ4v) is 6.17. The summed E-state index contributed by atoms with van der Waals surface area (Å²) in [5.41, 5.74) is 1.41. The van der Waals surface area contributed by atoms with E-state index < -0.39 is 0 Å². The fraction of sp³-hybridized carbons (Fsp3) is 0.684. The fourth-order valence-electron chi connectivity index (χ4n) is 2.04. The Morgan fingerprint density at radius 3 is 1.50 bits per heavy atom. The van der Waals surface area contributed by atoms with Crippen LogP contribution in [0.5, 0.6) is 0 Å². The molecular formula is C19H32S3. The van der Waals surface area contributed by atoms with Crippen molar-refractivity contribution < 1.29 is 0 Å². The van der Waals surface area contributed by atoms with Gasteiger partial charge in [0.1, 0.15) is 0 Å². The highest BCUT2D eigenvalue weighted by atomic mass is 32.2. The van der Waals surface area contributed by atoms with Crippen LogP contribution in [0, 0.1) is 6.92 Å². The number of unbranched alkanes of at least 4 members (excludes halogenated alkanes) is 3. The van der Waals surface area contributed by atoms with E-state index in [2.05, 4.69) is 75.1 Å². The van der Waals surface area contributed by atoms with Crippen LogP contribution in [0.25, 0.3) is 0 Å². The predicted molar refractivity (Wildman–Crippen MR) is 108 cm³/mol. The number of rotatable bonds is 12. The maximum Gasteiger partial charge on any atom is 0.0344 e. The molecule has 0 atom stereocenters. The van der Waals surface area contributed by atoms with Crippen LogP contribution in [-0.4, -0.2) is 17.3 Å². The third kappa shape index (κ3) is 7.70. The van der Waals surface area contributed by atoms with E-state index in [9.17, 15) is 0 Å². The Morgan fingerprint density at radius 1 is 0.682 bits per heavy atom. The number of thioether (sulfide) groups is 3. The highest BCUT2D eigenvalue weighted by Crippen LogP contribution is 2.40. The number of hydrogen-bond donors (Lipinski definition) is 0. The predicted octanol–water partition coefficient (Wildman–Crippen LogP) is 7.67. The van der Waals surface area contributed by atoms with Gasteiger partial charge in [0, 0.05) is 14.7 Å². The summed E-state index contributed by atoms with van der Waals surface area (Å²) in [4.78, 5) is 4.60. The molecule has 0 nitrogen and oxygen atoms in total. The van der Waals surface area contributed by atoms with Crippen molar-refractivity contribution in [2.75, 3.05) is 17.3 Å². The van der Waals surface area contributed by atoms with Gasteiger partial charge in [-0.3, -0.25) is 0 Å². The van der Waals surface area contributed by atoms with Gasteiger partial charge in [-0.05, 0) is 61.1 Å². The van der Waals surface area contributed by atoms with Gasteiger partial charge in [-0.15, -0.1) is 35.3 Å². The van der Waals surface area contributed by atoms with E-state index in [0.29, 0.717) is 0 Å². The van der Waals surface area contributed by atoms with Crippen LogP contribution < -0.4 is 0 Å². The van der Waals surface area contributed by atoms with E-state index >= 15 is 0 Å². The molecule has 0 fully saturated rings. The molecule has 1 aromatic rings. The number of aryl methyl sites for hydroxylation is 1. The molecule has 0 unspecified atom stereocenters. The summed E-state index contributed by atoms with van der Waals surface area (Å²) in [6.07, 6.45) is 7.81. The van der Waals surface area contributed by atoms with E-state index in [0.717, 1.165) is 0 Å². The van der Waals surface area contributed by atoms with Crippen LogP contribution in [0.3, 0.4) is 0 Å². The minimum Gasteiger partial charge on any atom is -0.125 e. The molecule has 0 saturated heterocycles. The van der Waals surface area contributed by atoms with Gasteiger partial charge >= 0.3 is 0 Å². The normalized spacial score (nSPS) is 11.1. The van der Waals surface area contributed by atoms with E-state index in [-0.39, 0.29) is 0 Å². The van der Waals surface area contributed by atoms with Gasteiger partial charge in [-0.2, -0.15) is 0 Å². The molecule has 0 aliphatic heterocycles. The minimum absolute atomic E-state index is 1.25. The molecule has 1 aromatic carbocycles. The second-order valence-electron chi connectivity index (χ2n) is 5.70. The highest BCUT2D eigenvalue weighted by Gasteiger charge is 2.11. The van der Waals surface area contributed by atoms with Crippen LogP contribution in [0.15, 0.2) is 26.8 Å². The van der Waals surface area contributed by atoms with Gasteiger partial charge < -0.3 is 0 Å². The number of hydrogen-bond acceptors (Lipinski definition) is 3. The lowest BCUT2D eigenvalue weighted by Crippen LogP contribution is -1.91. The van der Waals surface area contributed by atoms with Crippen molar-refractivity contribution in [1.29, 1.82) is 0 Å². The molecule has 0 heterocycles. The molecular weight excluding hydrogens is 324 g/mol. The molecule has 22 heavy (non-hydrogen) atoms. The smallest absolute Gasteiger partial charge is 0.0344 e. The van der Waals surface area contributed by atoms with Gasteiger partial charge in [0.2, 0.25) is 0 Å². The zero-order valence-corrected chi connectivity index (χ0v) is 17.2. The first-order valence-corrected chi connectivity index (χ1v) is 11.7. The van der Waals surface area contributed by atoms with Crippen LogP contribution in [-0.2, 0) is 0 Å². The lowest BCUT2D eigenvalue weighted by atomic mass is 10.2. The van der Waals surface area contributed by atoms with Crippen molar-refractivity contribution in [1.82, 2.24) is 0 Å². The maximum absolute atomic E-state index is 2.40. The first-order chi connectivity index (χ1) is 10.7. The lowest BCUT2D eigenvalue weighted by molar-refractivity contribution is 0.889. The van der Waals surface area contributed by atoms with E-state index in [1.807, 2.05) is 0 Å². The molecule has 0 spiro atoms. The highest BCUT2D eigenvalue weighted by molar-refractivity contribution is 8.03. The Balaban J connectivity index is 2.88. The van der Waals surface area contributed by atoms with Gasteiger partial charge in [-0.25, -0.2) is 0 Å². The van der Waals surface area contributed by atoms with E-state index in [1.54, 1.807) is 4.90 Å². The first kappa shape index (κ1) is 20.3. The minimum atomic E-state index is 1.25. The average molecular weight is 357 g/mol. The molecule has 1 rings (SSSR count). The Kier molecular flexibility index (Phi) is 11.7. The largest absolute Gasteiger partial charge is 0.125 e. The molecule has 0 aliphatic carbocycles. The zero-order valence-electron chi connectivity index (χ0n) is 14.7. The summed E-state index contributed by atoms with van der Waals surface area (Å²) >= 11 is 6.21. The molecule has 0 bridgehead atoms. The molecule has 0 aromatic heterocycles. The van der Waals surface area contributed by atoms with Crippen LogP contribution >= 0.6 is 35.3 Å². The molecule has 0 saturated carbocycles. The lowest BCUT2D eigenvalue weighted by Gasteiger charge is -2.15. The SMILES string of the molecule is CCCCSc1cc(C)cc(SCCCC)c1SCCCC. The maximum atomic E-state index is 2.40. The van der Waals surface area contributed by atoms with Crippen LogP contribution in [0.4, 0.5) is 0 Å². The standard InChI is InChI=1S/C19H32S3/c1-5-8-11-20-17-14-16(4)15-18(21-12-9-6-2)19(17)22-13-10-7-3/h14-15H,5-13H2,1-4H3. The zero-order chi connectivity index (χ0) is 16.2. The summed E-state index contributed by atoms with van der Waals surface area (Å²) in [5.74, 6) is 3.75. The molecule has 0 N–H and O–H groups in total. The van der Waals surface area contributed by atoms with Crippen molar-refractivity contribution in [3.63, 3.8) is 0 Å². The Morgan fingerprint density at radius 2 is 1.09 bits per heavy atom. The van der Waals surface area contributed by atoms with Crippen molar-refractivity contribution >= 4 is 35.3 Å². The van der Waals surface area contributed by atoms with E-state index in [4.69, 9.17) is 0 Å². The third-order valence-corrected chi connectivity index (χ3v) is 7.15. The molecule has 3 heteroatoms. The summed E-state index contributed by atoms with van der Waals surface area (Å²) in [6.45, 7) is 9.08. The third-order valence-electron chi connectivity index (χ3n) is 3.42. The van der Waals surface area contributed by atoms with Gasteiger partial charge in [-0.1, -0.05) is 40.0 Å². The van der Waals surface area contributed by atoms with Crippen LogP contribution in [0.2, 0.25) is 0 Å². The average Bonchev–Trinajstić information content (AvgIpc) is 2.50. The Bertz CT molecular complexity index is 384. The second kappa shape index (κ2) is 12.7. The molecule has 0 amide bonds. The molecule has 126 valence electrons. The monoisotopic (exact) mass is 356 g/mol. The van der Waals surface area contributed by atoms with Crippen molar-refractivity contribution in [3.8, 4) is 0 Å².